The molecule has 7 nitrogen and oxygen atoms in total. The lowest BCUT2D eigenvalue weighted by Gasteiger charge is -2.27. The largest absolute Gasteiger partial charge is 0.492 e. The average Bonchev–Trinajstić information content (AvgIpc) is 3.30. The molecule has 0 radical (unpaired) electrons. The van der Waals surface area contributed by atoms with Crippen LogP contribution in [-0.2, 0) is 12.7 Å². The number of anilines is 3. The Morgan fingerprint density at radius 2 is 1.76 bits per heavy atom. The molecule has 1 aliphatic rings. The van der Waals surface area contributed by atoms with Crippen molar-refractivity contribution in [1.82, 2.24) is 14.5 Å². The highest BCUT2D eigenvalue weighted by molar-refractivity contribution is 5.57. The highest BCUT2D eigenvalue weighted by Gasteiger charge is 2.36. The zero-order valence-electron chi connectivity index (χ0n) is 17.9. The fourth-order valence-electron chi connectivity index (χ4n) is 3.72. The summed E-state index contributed by atoms with van der Waals surface area (Å²) in [6.07, 6.45) is 2.00. The molecule has 0 unspecified atom stereocenters. The highest BCUT2D eigenvalue weighted by atomic mass is 19.4. The van der Waals surface area contributed by atoms with Gasteiger partial charge in [0.2, 0.25) is 5.95 Å². The standard InChI is InChI=1S/C23H26F3N5O2/c24-23(25,26)20-15-27-22(30-21(20)28-16-3-7-18(32)8-4-16)29-17-5-9-19(10-6-17)33-14-13-31-11-1-2-12-31/h1-2,5-6,9-12,15-16,18,32H,3-4,7-8,13-14H2,(H2,27,28,29,30)/t16-,18-. The van der Waals surface area contributed by atoms with Crippen molar-refractivity contribution in [2.75, 3.05) is 17.2 Å². The van der Waals surface area contributed by atoms with Gasteiger partial charge in [0, 0.05) is 30.3 Å². The van der Waals surface area contributed by atoms with E-state index >= 15 is 0 Å². The molecule has 3 N–H and O–H groups in total. The summed E-state index contributed by atoms with van der Waals surface area (Å²) in [5, 5.41) is 15.5. The van der Waals surface area contributed by atoms with E-state index in [1.165, 1.54) is 0 Å². The first-order chi connectivity index (χ1) is 15.9. The summed E-state index contributed by atoms with van der Waals surface area (Å²) in [4.78, 5) is 7.95. The van der Waals surface area contributed by atoms with Crippen molar-refractivity contribution in [2.24, 2.45) is 0 Å². The van der Waals surface area contributed by atoms with Gasteiger partial charge in [-0.15, -0.1) is 0 Å². The second-order valence-corrected chi connectivity index (χ2v) is 8.02. The maximum absolute atomic E-state index is 13.5. The van der Waals surface area contributed by atoms with Gasteiger partial charge in [-0.2, -0.15) is 18.2 Å². The maximum atomic E-state index is 13.5. The first kappa shape index (κ1) is 22.9. The monoisotopic (exact) mass is 461 g/mol. The van der Waals surface area contributed by atoms with E-state index in [-0.39, 0.29) is 17.8 Å². The molecular weight excluding hydrogens is 435 g/mol. The van der Waals surface area contributed by atoms with Gasteiger partial charge in [-0.25, -0.2) is 4.98 Å². The molecule has 0 amide bonds. The zero-order valence-corrected chi connectivity index (χ0v) is 17.9. The number of aliphatic hydroxyl groups excluding tert-OH is 1. The van der Waals surface area contributed by atoms with E-state index in [1.54, 1.807) is 24.3 Å². The Morgan fingerprint density at radius 3 is 2.42 bits per heavy atom. The number of ether oxygens (including phenoxy) is 1. The first-order valence-electron chi connectivity index (χ1n) is 10.9. The van der Waals surface area contributed by atoms with Gasteiger partial charge in [0.15, 0.2) is 0 Å². The van der Waals surface area contributed by atoms with Crippen molar-refractivity contribution in [3.8, 4) is 5.75 Å². The molecule has 3 aromatic rings. The van der Waals surface area contributed by atoms with Gasteiger partial charge >= 0.3 is 6.18 Å². The van der Waals surface area contributed by atoms with Crippen LogP contribution in [-0.4, -0.2) is 38.4 Å². The second-order valence-electron chi connectivity index (χ2n) is 8.02. The smallest absolute Gasteiger partial charge is 0.421 e. The van der Waals surface area contributed by atoms with Gasteiger partial charge in [0.05, 0.1) is 12.6 Å². The Balaban J connectivity index is 1.40. The third-order valence-electron chi connectivity index (χ3n) is 5.53. The molecule has 176 valence electrons. The fraction of sp³-hybridized carbons (Fsp3) is 0.391. The summed E-state index contributed by atoms with van der Waals surface area (Å²) < 4.78 is 48.1. The summed E-state index contributed by atoms with van der Waals surface area (Å²) >= 11 is 0. The van der Waals surface area contributed by atoms with Crippen molar-refractivity contribution < 1.29 is 23.0 Å². The Bertz CT molecular complexity index is 1020. The molecule has 0 aliphatic heterocycles. The van der Waals surface area contributed by atoms with Crippen molar-refractivity contribution in [1.29, 1.82) is 0 Å². The van der Waals surface area contributed by atoms with Crippen molar-refractivity contribution in [3.63, 3.8) is 0 Å². The Kier molecular flexibility index (Phi) is 7.02. The summed E-state index contributed by atoms with van der Waals surface area (Å²) in [5.41, 5.74) is -0.287. The number of hydrogen-bond donors (Lipinski definition) is 3. The van der Waals surface area contributed by atoms with Gasteiger partial charge in [-0.05, 0) is 62.1 Å². The van der Waals surface area contributed by atoms with Gasteiger partial charge < -0.3 is 25.0 Å². The number of rotatable bonds is 8. The number of hydrogen-bond acceptors (Lipinski definition) is 6. The van der Waals surface area contributed by atoms with E-state index in [4.69, 9.17) is 4.74 Å². The molecular formula is C23H26F3N5O2. The van der Waals surface area contributed by atoms with Crippen LogP contribution in [0.4, 0.5) is 30.6 Å². The lowest BCUT2D eigenvalue weighted by Crippen LogP contribution is -2.29. The SMILES string of the molecule is O[C@H]1CC[C@H](Nc2nc(Nc3ccc(OCCn4cccc4)cc3)ncc2C(F)(F)F)CC1. The van der Waals surface area contributed by atoms with Gasteiger partial charge in [0.25, 0.3) is 0 Å². The zero-order chi connectivity index (χ0) is 23.3. The molecule has 1 aliphatic carbocycles. The number of alkyl halides is 3. The summed E-state index contributed by atoms with van der Waals surface area (Å²) in [7, 11) is 0. The molecule has 2 heterocycles. The van der Waals surface area contributed by atoms with Crippen LogP contribution in [0, 0.1) is 0 Å². The minimum atomic E-state index is -4.57. The Labute approximate surface area is 189 Å². The van der Waals surface area contributed by atoms with E-state index in [9.17, 15) is 18.3 Å². The van der Waals surface area contributed by atoms with Crippen molar-refractivity contribution in [2.45, 2.75) is 50.6 Å². The van der Waals surface area contributed by atoms with Gasteiger partial charge in [-0.3, -0.25) is 0 Å². The third kappa shape index (κ3) is 6.38. The molecule has 1 aromatic carbocycles. The van der Waals surface area contributed by atoms with Gasteiger partial charge in [-0.1, -0.05) is 0 Å². The van der Waals surface area contributed by atoms with E-state index in [2.05, 4.69) is 20.6 Å². The van der Waals surface area contributed by atoms with Gasteiger partial charge in [0.1, 0.15) is 23.7 Å². The topological polar surface area (TPSA) is 84.2 Å². The number of halogens is 3. The summed E-state index contributed by atoms with van der Waals surface area (Å²) in [6, 6.07) is 10.8. The normalized spacial score (nSPS) is 18.7. The molecule has 2 aromatic heterocycles. The molecule has 4 rings (SSSR count). The number of nitrogens with one attached hydrogen (secondary N) is 2. The van der Waals surface area contributed by atoms with Crippen LogP contribution in [0.25, 0.3) is 0 Å². The summed E-state index contributed by atoms with van der Waals surface area (Å²) in [6.45, 7) is 1.23. The maximum Gasteiger partial charge on any atom is 0.421 e. The van der Waals surface area contributed by atoms with Crippen LogP contribution in [0.2, 0.25) is 0 Å². The van der Waals surface area contributed by atoms with Crippen molar-refractivity contribution >= 4 is 17.5 Å². The lowest BCUT2D eigenvalue weighted by molar-refractivity contribution is -0.137. The first-order valence-corrected chi connectivity index (χ1v) is 10.9. The average molecular weight is 461 g/mol. The van der Waals surface area contributed by atoms with E-state index < -0.39 is 17.8 Å². The second kappa shape index (κ2) is 10.1. The molecule has 0 saturated heterocycles. The van der Waals surface area contributed by atoms with E-state index in [0.29, 0.717) is 43.7 Å². The number of nitrogens with zero attached hydrogens (tertiary/aromatic N) is 3. The van der Waals surface area contributed by atoms with Crippen molar-refractivity contribution in [3.05, 3.63) is 60.6 Å². The van der Waals surface area contributed by atoms with Crippen LogP contribution >= 0.6 is 0 Å². The minimum Gasteiger partial charge on any atom is -0.492 e. The van der Waals surface area contributed by atoms with Crippen LogP contribution in [0.15, 0.2) is 55.0 Å². The lowest BCUT2D eigenvalue weighted by atomic mass is 9.93. The fourth-order valence-corrected chi connectivity index (χ4v) is 3.72. The quantitative estimate of drug-likeness (QED) is 0.446. The van der Waals surface area contributed by atoms with Crippen LogP contribution in [0.1, 0.15) is 31.2 Å². The van der Waals surface area contributed by atoms with E-state index in [0.717, 1.165) is 12.7 Å². The molecule has 1 saturated carbocycles. The van der Waals surface area contributed by atoms with Crippen LogP contribution in [0.3, 0.4) is 0 Å². The predicted molar refractivity (Wildman–Crippen MR) is 119 cm³/mol. The van der Waals surface area contributed by atoms with E-state index in [1.807, 2.05) is 29.1 Å². The van der Waals surface area contributed by atoms with Crippen LogP contribution in [0.5, 0.6) is 5.75 Å². The minimum absolute atomic E-state index is 0.0580. The third-order valence-corrected chi connectivity index (χ3v) is 5.53. The summed E-state index contributed by atoms with van der Waals surface area (Å²) in [5.74, 6) is 0.483. The number of aromatic nitrogens is 3. The number of aliphatic hydroxyl groups is 1. The molecule has 10 heteroatoms. The molecule has 0 atom stereocenters. The highest BCUT2D eigenvalue weighted by Crippen LogP contribution is 2.35. The molecule has 33 heavy (non-hydrogen) atoms. The predicted octanol–water partition coefficient (Wildman–Crippen LogP) is 4.83. The van der Waals surface area contributed by atoms with Crippen LogP contribution < -0.4 is 15.4 Å². The molecule has 1 fully saturated rings. The molecule has 0 spiro atoms. The molecule has 0 bridgehead atoms. The Morgan fingerprint density at radius 1 is 1.06 bits per heavy atom. The number of benzene rings is 1. The Hall–Kier alpha value is -3.27.